The second-order valence-electron chi connectivity index (χ2n) is 3.72. The van der Waals surface area contributed by atoms with Crippen molar-refractivity contribution in [2.45, 2.75) is 19.9 Å². The van der Waals surface area contributed by atoms with Crippen molar-refractivity contribution in [2.24, 2.45) is 0 Å². The van der Waals surface area contributed by atoms with Crippen LogP contribution in [0.5, 0.6) is 0 Å². The maximum atomic E-state index is 11.8. The zero-order chi connectivity index (χ0) is 13.2. The molecule has 0 unspecified atom stereocenters. The minimum absolute atomic E-state index is 0.000556. The Morgan fingerprint density at radius 3 is 2.35 bits per heavy atom. The SMILES string of the molecule is CC(C)NC(=O)c1ccc(Cl)c(Cl)c1C(=O)O. The fourth-order valence-electron chi connectivity index (χ4n) is 1.29. The molecule has 1 amide bonds. The Morgan fingerprint density at radius 1 is 1.29 bits per heavy atom. The fraction of sp³-hybridized carbons (Fsp3) is 0.273. The molecule has 92 valence electrons. The zero-order valence-corrected chi connectivity index (χ0v) is 10.8. The molecule has 0 aliphatic heterocycles. The Morgan fingerprint density at radius 2 is 1.88 bits per heavy atom. The molecular weight excluding hydrogens is 265 g/mol. The third kappa shape index (κ3) is 3.11. The summed E-state index contributed by atoms with van der Waals surface area (Å²) >= 11 is 11.5. The molecule has 0 saturated heterocycles. The molecule has 0 aromatic heterocycles. The number of benzene rings is 1. The van der Waals surface area contributed by atoms with Gasteiger partial charge in [0.25, 0.3) is 5.91 Å². The van der Waals surface area contributed by atoms with Gasteiger partial charge in [-0.1, -0.05) is 23.2 Å². The van der Waals surface area contributed by atoms with Gasteiger partial charge in [-0.2, -0.15) is 0 Å². The van der Waals surface area contributed by atoms with Crippen LogP contribution in [0.25, 0.3) is 0 Å². The molecular formula is C11H11Cl2NO3. The molecule has 0 aliphatic rings. The summed E-state index contributed by atoms with van der Waals surface area (Å²) in [5.41, 5.74) is -0.280. The van der Waals surface area contributed by atoms with E-state index in [4.69, 9.17) is 28.3 Å². The van der Waals surface area contributed by atoms with E-state index in [1.165, 1.54) is 12.1 Å². The van der Waals surface area contributed by atoms with Gasteiger partial charge in [-0.15, -0.1) is 0 Å². The van der Waals surface area contributed by atoms with Crippen LogP contribution in [0.2, 0.25) is 10.0 Å². The van der Waals surface area contributed by atoms with E-state index < -0.39 is 11.9 Å². The lowest BCUT2D eigenvalue weighted by atomic mass is 10.1. The van der Waals surface area contributed by atoms with Crippen molar-refractivity contribution in [3.8, 4) is 0 Å². The van der Waals surface area contributed by atoms with E-state index >= 15 is 0 Å². The number of carboxylic acid groups (broad SMARTS) is 1. The van der Waals surface area contributed by atoms with Gasteiger partial charge in [-0.3, -0.25) is 4.79 Å². The summed E-state index contributed by atoms with van der Waals surface area (Å²) in [4.78, 5) is 22.8. The van der Waals surface area contributed by atoms with E-state index in [1.807, 2.05) is 0 Å². The lowest BCUT2D eigenvalue weighted by molar-refractivity contribution is 0.0691. The molecule has 0 radical (unpaired) electrons. The van der Waals surface area contributed by atoms with Crippen molar-refractivity contribution in [3.05, 3.63) is 33.3 Å². The number of halogens is 2. The van der Waals surface area contributed by atoms with E-state index in [-0.39, 0.29) is 27.2 Å². The molecule has 0 heterocycles. The molecule has 0 spiro atoms. The second kappa shape index (κ2) is 5.38. The quantitative estimate of drug-likeness (QED) is 0.892. The number of nitrogens with one attached hydrogen (secondary N) is 1. The average Bonchev–Trinajstić information content (AvgIpc) is 2.19. The van der Waals surface area contributed by atoms with Crippen LogP contribution < -0.4 is 5.32 Å². The largest absolute Gasteiger partial charge is 0.478 e. The molecule has 1 rings (SSSR count). The number of amides is 1. The molecule has 0 fully saturated rings. The lowest BCUT2D eigenvalue weighted by Crippen LogP contribution is -2.31. The van der Waals surface area contributed by atoms with Crippen LogP contribution in [0, 0.1) is 0 Å². The minimum Gasteiger partial charge on any atom is -0.478 e. The van der Waals surface area contributed by atoms with E-state index in [9.17, 15) is 9.59 Å². The Bertz CT molecular complexity index is 472. The third-order valence-corrected chi connectivity index (χ3v) is 2.78. The van der Waals surface area contributed by atoms with Gasteiger partial charge < -0.3 is 10.4 Å². The first kappa shape index (κ1) is 13.8. The molecule has 0 saturated carbocycles. The van der Waals surface area contributed by atoms with Crippen LogP contribution in [0.1, 0.15) is 34.6 Å². The summed E-state index contributed by atoms with van der Waals surface area (Å²) in [6.45, 7) is 3.55. The second-order valence-corrected chi connectivity index (χ2v) is 4.50. The van der Waals surface area contributed by atoms with E-state index in [1.54, 1.807) is 13.8 Å². The fourth-order valence-corrected chi connectivity index (χ4v) is 1.69. The summed E-state index contributed by atoms with van der Waals surface area (Å²) in [5, 5.41) is 11.6. The predicted octanol–water partition coefficient (Wildman–Crippen LogP) is 2.83. The number of carboxylic acids is 1. The normalized spacial score (nSPS) is 10.4. The highest BCUT2D eigenvalue weighted by atomic mass is 35.5. The number of carbonyl (C=O) groups is 2. The average molecular weight is 276 g/mol. The molecule has 1 aromatic carbocycles. The molecule has 1 aromatic rings. The van der Waals surface area contributed by atoms with Crippen LogP contribution in [-0.2, 0) is 0 Å². The van der Waals surface area contributed by atoms with Crippen molar-refractivity contribution >= 4 is 35.1 Å². The van der Waals surface area contributed by atoms with Crippen LogP contribution in [-0.4, -0.2) is 23.0 Å². The molecule has 0 atom stereocenters. The summed E-state index contributed by atoms with van der Waals surface area (Å²) in [6, 6.07) is 2.64. The minimum atomic E-state index is -1.29. The van der Waals surface area contributed by atoms with Gasteiger partial charge in [0.2, 0.25) is 0 Å². The van der Waals surface area contributed by atoms with Crippen LogP contribution in [0.4, 0.5) is 0 Å². The van der Waals surface area contributed by atoms with Gasteiger partial charge >= 0.3 is 5.97 Å². The van der Waals surface area contributed by atoms with Gasteiger partial charge in [0.05, 0.1) is 21.2 Å². The maximum Gasteiger partial charge on any atom is 0.338 e. The molecule has 6 heteroatoms. The number of hydrogen-bond donors (Lipinski definition) is 2. The summed E-state index contributed by atoms with van der Waals surface area (Å²) in [6.07, 6.45) is 0. The Kier molecular flexibility index (Phi) is 4.37. The number of aromatic carboxylic acids is 1. The highest BCUT2D eigenvalue weighted by molar-refractivity contribution is 6.44. The van der Waals surface area contributed by atoms with Crippen LogP contribution >= 0.6 is 23.2 Å². The Hall–Kier alpha value is -1.26. The van der Waals surface area contributed by atoms with Gasteiger partial charge in [-0.25, -0.2) is 4.79 Å². The lowest BCUT2D eigenvalue weighted by Gasteiger charge is -2.11. The van der Waals surface area contributed by atoms with Crippen molar-refractivity contribution in [1.82, 2.24) is 5.32 Å². The summed E-state index contributed by atoms with van der Waals surface area (Å²) in [5.74, 6) is -1.78. The first-order valence-electron chi connectivity index (χ1n) is 4.86. The first-order chi connectivity index (χ1) is 7.84. The maximum absolute atomic E-state index is 11.8. The van der Waals surface area contributed by atoms with E-state index in [0.717, 1.165) is 0 Å². The van der Waals surface area contributed by atoms with Crippen molar-refractivity contribution in [3.63, 3.8) is 0 Å². The molecule has 2 N–H and O–H groups in total. The third-order valence-electron chi connectivity index (χ3n) is 1.97. The monoisotopic (exact) mass is 275 g/mol. The standard InChI is InChI=1S/C11H11Cl2NO3/c1-5(2)14-10(15)6-3-4-7(12)9(13)8(6)11(16)17/h3-5H,1-2H3,(H,14,15)(H,16,17). The number of hydrogen-bond acceptors (Lipinski definition) is 2. The summed E-state index contributed by atoms with van der Waals surface area (Å²) < 4.78 is 0. The molecule has 17 heavy (non-hydrogen) atoms. The van der Waals surface area contributed by atoms with Gasteiger partial charge in [0, 0.05) is 6.04 Å². The first-order valence-corrected chi connectivity index (χ1v) is 5.62. The van der Waals surface area contributed by atoms with E-state index in [2.05, 4.69) is 5.32 Å². The van der Waals surface area contributed by atoms with Crippen molar-refractivity contribution in [1.29, 1.82) is 0 Å². The Labute approximate surface area is 109 Å². The van der Waals surface area contributed by atoms with Crippen LogP contribution in [0.15, 0.2) is 12.1 Å². The molecule has 0 bridgehead atoms. The predicted molar refractivity (Wildman–Crippen MR) is 66.0 cm³/mol. The molecule has 0 aliphatic carbocycles. The smallest absolute Gasteiger partial charge is 0.338 e. The van der Waals surface area contributed by atoms with E-state index in [0.29, 0.717) is 0 Å². The van der Waals surface area contributed by atoms with Gasteiger partial charge in [0.1, 0.15) is 0 Å². The number of carbonyl (C=O) groups excluding carboxylic acids is 1. The summed E-state index contributed by atoms with van der Waals surface area (Å²) in [7, 11) is 0. The Balaban J connectivity index is 3.29. The van der Waals surface area contributed by atoms with Gasteiger partial charge in [-0.05, 0) is 26.0 Å². The highest BCUT2D eigenvalue weighted by Crippen LogP contribution is 2.28. The van der Waals surface area contributed by atoms with Crippen molar-refractivity contribution < 1.29 is 14.7 Å². The van der Waals surface area contributed by atoms with Crippen molar-refractivity contribution in [2.75, 3.05) is 0 Å². The zero-order valence-electron chi connectivity index (χ0n) is 9.25. The highest BCUT2D eigenvalue weighted by Gasteiger charge is 2.22. The van der Waals surface area contributed by atoms with Crippen LogP contribution in [0.3, 0.4) is 0 Å². The molecule has 4 nitrogen and oxygen atoms in total. The topological polar surface area (TPSA) is 66.4 Å². The van der Waals surface area contributed by atoms with Gasteiger partial charge in [0.15, 0.2) is 0 Å². The number of rotatable bonds is 3.